The van der Waals surface area contributed by atoms with Gasteiger partial charge in [0.05, 0.1) is 6.04 Å². The Morgan fingerprint density at radius 3 is 2.68 bits per heavy atom. The van der Waals surface area contributed by atoms with Crippen LogP contribution in [0.4, 0.5) is 0 Å². The topological polar surface area (TPSA) is 23.6 Å². The molecule has 1 aromatic carbocycles. The van der Waals surface area contributed by atoms with Crippen LogP contribution in [0.1, 0.15) is 47.6 Å². The summed E-state index contributed by atoms with van der Waals surface area (Å²) in [6.07, 6.45) is 5.46. The van der Waals surface area contributed by atoms with Gasteiger partial charge in [-0.15, -0.1) is 0 Å². The third-order valence-electron chi connectivity index (χ3n) is 5.06. The first-order chi connectivity index (χ1) is 9.34. The smallest absolute Gasteiger partial charge is 0.254 e. The Bertz CT molecular complexity index is 507. The fourth-order valence-corrected chi connectivity index (χ4v) is 4.05. The molecule has 0 N–H and O–H groups in total. The molecule has 1 saturated heterocycles. The summed E-state index contributed by atoms with van der Waals surface area (Å²) in [5.41, 5.74) is 2.18. The maximum absolute atomic E-state index is 12.4. The van der Waals surface area contributed by atoms with Crippen LogP contribution in [0, 0.1) is 0 Å². The average Bonchev–Trinajstić information content (AvgIpc) is 3.08. The predicted octanol–water partition coefficient (Wildman–Crippen LogP) is 2.44. The maximum Gasteiger partial charge on any atom is 0.254 e. The van der Waals surface area contributed by atoms with Gasteiger partial charge < -0.3 is 4.90 Å². The van der Waals surface area contributed by atoms with E-state index < -0.39 is 0 Å². The highest BCUT2D eigenvalue weighted by Gasteiger charge is 2.41. The third kappa shape index (κ3) is 1.71. The Morgan fingerprint density at radius 2 is 1.84 bits per heavy atom. The molecule has 3 aliphatic rings. The number of nitrogens with zero attached hydrogens (tertiary/aromatic N) is 2. The lowest BCUT2D eigenvalue weighted by molar-refractivity contribution is 0.0424. The Balaban J connectivity index is 1.62. The highest BCUT2D eigenvalue weighted by atomic mass is 16.2. The van der Waals surface area contributed by atoms with Gasteiger partial charge in [0.2, 0.25) is 0 Å². The molecular formula is C16H20N2O. The van der Waals surface area contributed by atoms with E-state index in [0.717, 1.165) is 31.2 Å². The van der Waals surface area contributed by atoms with E-state index >= 15 is 0 Å². The molecule has 0 bridgehead atoms. The van der Waals surface area contributed by atoms with Crippen LogP contribution in [-0.4, -0.2) is 41.4 Å². The molecule has 0 spiro atoms. The van der Waals surface area contributed by atoms with Crippen LogP contribution in [0.15, 0.2) is 24.3 Å². The van der Waals surface area contributed by atoms with Gasteiger partial charge in [0.15, 0.2) is 0 Å². The molecule has 2 heterocycles. The molecule has 3 heteroatoms. The summed E-state index contributed by atoms with van der Waals surface area (Å²) in [6, 6.07) is 9.23. The van der Waals surface area contributed by atoms with Gasteiger partial charge in [-0.2, -0.15) is 0 Å². The first kappa shape index (κ1) is 11.5. The fourth-order valence-electron chi connectivity index (χ4n) is 4.05. The van der Waals surface area contributed by atoms with Crippen molar-refractivity contribution in [2.75, 3.05) is 19.6 Å². The van der Waals surface area contributed by atoms with E-state index in [-0.39, 0.29) is 5.91 Å². The van der Waals surface area contributed by atoms with Gasteiger partial charge in [-0.25, -0.2) is 0 Å². The molecule has 0 aromatic heterocycles. The quantitative estimate of drug-likeness (QED) is 0.770. The largest absolute Gasteiger partial charge is 0.329 e. The molecule has 4 rings (SSSR count). The van der Waals surface area contributed by atoms with Crippen LogP contribution in [0.25, 0.3) is 0 Å². The van der Waals surface area contributed by atoms with Crippen molar-refractivity contribution >= 4 is 5.91 Å². The lowest BCUT2D eigenvalue weighted by Crippen LogP contribution is -2.50. The summed E-state index contributed by atoms with van der Waals surface area (Å²) in [6.45, 7) is 2.99. The summed E-state index contributed by atoms with van der Waals surface area (Å²) in [7, 11) is 0. The molecule has 3 nitrogen and oxygen atoms in total. The minimum atomic E-state index is 0.242. The zero-order valence-corrected chi connectivity index (χ0v) is 11.2. The number of rotatable bonds is 1. The second-order valence-corrected chi connectivity index (χ2v) is 6.03. The Labute approximate surface area is 114 Å². The molecule has 1 saturated carbocycles. The second-order valence-electron chi connectivity index (χ2n) is 6.03. The maximum atomic E-state index is 12.4. The minimum absolute atomic E-state index is 0.242. The molecule has 0 unspecified atom stereocenters. The standard InChI is InChI=1S/C16H20N2O/c19-16-14-8-4-3-7-13(14)15-11-17(9-10-18(15)16)12-5-1-2-6-12/h3-4,7-8,12,15H,1-2,5-6,9-11H2/t15-/m1/s1. The van der Waals surface area contributed by atoms with Crippen LogP contribution >= 0.6 is 0 Å². The summed E-state index contributed by atoms with van der Waals surface area (Å²) >= 11 is 0. The Hall–Kier alpha value is -1.35. The number of fused-ring (bicyclic) bond motifs is 3. The van der Waals surface area contributed by atoms with Gasteiger partial charge in [0, 0.05) is 31.2 Å². The van der Waals surface area contributed by atoms with Crippen molar-refractivity contribution in [3.05, 3.63) is 35.4 Å². The van der Waals surface area contributed by atoms with Crippen LogP contribution in [-0.2, 0) is 0 Å². The average molecular weight is 256 g/mol. The molecule has 1 amide bonds. The minimum Gasteiger partial charge on any atom is -0.329 e. The zero-order valence-electron chi connectivity index (χ0n) is 11.2. The van der Waals surface area contributed by atoms with Gasteiger partial charge in [-0.3, -0.25) is 9.69 Å². The predicted molar refractivity (Wildman–Crippen MR) is 74.0 cm³/mol. The van der Waals surface area contributed by atoms with Crippen molar-refractivity contribution in [1.82, 2.24) is 9.80 Å². The number of carbonyl (C=O) groups is 1. The first-order valence-corrected chi connectivity index (χ1v) is 7.48. The van der Waals surface area contributed by atoms with E-state index in [1.807, 2.05) is 12.1 Å². The van der Waals surface area contributed by atoms with Crippen LogP contribution in [0.2, 0.25) is 0 Å². The molecule has 1 atom stereocenters. The van der Waals surface area contributed by atoms with Crippen LogP contribution < -0.4 is 0 Å². The highest BCUT2D eigenvalue weighted by molar-refractivity contribution is 5.99. The first-order valence-electron chi connectivity index (χ1n) is 7.48. The third-order valence-corrected chi connectivity index (χ3v) is 5.06. The molecule has 2 fully saturated rings. The van der Waals surface area contributed by atoms with Crippen molar-refractivity contribution in [2.24, 2.45) is 0 Å². The fraction of sp³-hybridized carbons (Fsp3) is 0.562. The van der Waals surface area contributed by atoms with Gasteiger partial charge >= 0.3 is 0 Å². The molecule has 19 heavy (non-hydrogen) atoms. The number of benzene rings is 1. The van der Waals surface area contributed by atoms with Crippen molar-refractivity contribution in [3.8, 4) is 0 Å². The van der Waals surface area contributed by atoms with Crippen molar-refractivity contribution in [3.63, 3.8) is 0 Å². The number of carbonyl (C=O) groups excluding carboxylic acids is 1. The van der Waals surface area contributed by atoms with E-state index in [4.69, 9.17) is 0 Å². The van der Waals surface area contributed by atoms with Crippen LogP contribution in [0.5, 0.6) is 0 Å². The van der Waals surface area contributed by atoms with Gasteiger partial charge in [0.1, 0.15) is 0 Å². The second kappa shape index (κ2) is 4.34. The summed E-state index contributed by atoms with van der Waals surface area (Å²) in [5, 5.41) is 0. The SMILES string of the molecule is O=C1c2ccccc2[C@H]2CN(C3CCCC3)CCN12. The van der Waals surface area contributed by atoms with Crippen molar-refractivity contribution in [2.45, 2.75) is 37.8 Å². The monoisotopic (exact) mass is 256 g/mol. The van der Waals surface area contributed by atoms with E-state index in [1.165, 1.54) is 31.2 Å². The molecule has 1 aliphatic carbocycles. The number of hydrogen-bond donors (Lipinski definition) is 0. The number of hydrogen-bond acceptors (Lipinski definition) is 2. The van der Waals surface area contributed by atoms with E-state index in [1.54, 1.807) is 0 Å². The van der Waals surface area contributed by atoms with E-state index in [0.29, 0.717) is 6.04 Å². The normalized spacial score (nSPS) is 27.7. The van der Waals surface area contributed by atoms with Crippen molar-refractivity contribution < 1.29 is 4.79 Å². The lowest BCUT2D eigenvalue weighted by Gasteiger charge is -2.40. The van der Waals surface area contributed by atoms with Crippen LogP contribution in [0.3, 0.4) is 0 Å². The van der Waals surface area contributed by atoms with E-state index in [9.17, 15) is 4.79 Å². The van der Waals surface area contributed by atoms with Crippen molar-refractivity contribution in [1.29, 1.82) is 0 Å². The zero-order chi connectivity index (χ0) is 12.8. The number of amides is 1. The molecule has 0 radical (unpaired) electrons. The summed E-state index contributed by atoms with van der Waals surface area (Å²) < 4.78 is 0. The van der Waals surface area contributed by atoms with Gasteiger partial charge in [-0.05, 0) is 24.5 Å². The molecule has 2 aliphatic heterocycles. The van der Waals surface area contributed by atoms with E-state index in [2.05, 4.69) is 21.9 Å². The van der Waals surface area contributed by atoms with Gasteiger partial charge in [0.25, 0.3) is 5.91 Å². The lowest BCUT2D eigenvalue weighted by atomic mass is 10.0. The molecule has 100 valence electrons. The summed E-state index contributed by atoms with van der Waals surface area (Å²) in [5.74, 6) is 0.242. The Morgan fingerprint density at radius 1 is 1.05 bits per heavy atom. The molecule has 1 aromatic rings. The number of piperazine rings is 1. The summed E-state index contributed by atoms with van der Waals surface area (Å²) in [4.78, 5) is 17.1. The van der Waals surface area contributed by atoms with Gasteiger partial charge in [-0.1, -0.05) is 31.0 Å². The Kier molecular flexibility index (Phi) is 2.62. The highest BCUT2D eigenvalue weighted by Crippen LogP contribution is 2.37. The molecular weight excluding hydrogens is 236 g/mol.